The third kappa shape index (κ3) is 5.64. The van der Waals surface area contributed by atoms with Crippen molar-refractivity contribution in [2.45, 2.75) is 57.3 Å². The van der Waals surface area contributed by atoms with E-state index in [1.54, 1.807) is 12.5 Å². The number of carbonyl (C=O) groups is 2. The van der Waals surface area contributed by atoms with Crippen LogP contribution >= 0.6 is 0 Å². The van der Waals surface area contributed by atoms with Crippen LogP contribution in [0.4, 0.5) is 11.5 Å². The summed E-state index contributed by atoms with van der Waals surface area (Å²) in [5.41, 5.74) is 5.17. The summed E-state index contributed by atoms with van der Waals surface area (Å²) in [5, 5.41) is 7.34. The van der Waals surface area contributed by atoms with Crippen LogP contribution in [0, 0.1) is 6.92 Å². The summed E-state index contributed by atoms with van der Waals surface area (Å²) in [6.45, 7) is 6.64. The number of benzene rings is 2. The number of amides is 2. The SMILES string of the molecule is Cc1c(C(=O)N[C@H]2C[C@H]3CC[C@@H](C2)N3c2ccc(C(=O)NCc3ccc(N4CCN(C)CC4)cc3)cn2)ccc2ccoc12. The normalized spacial score (nSPS) is 21.9. The molecule has 0 saturated carbocycles. The summed E-state index contributed by atoms with van der Waals surface area (Å²) in [6.07, 6.45) is 7.25. The first-order valence-corrected chi connectivity index (χ1v) is 15.8. The van der Waals surface area contributed by atoms with Crippen LogP contribution in [0.1, 0.15) is 57.5 Å². The van der Waals surface area contributed by atoms with Gasteiger partial charge in [-0.1, -0.05) is 18.2 Å². The second kappa shape index (κ2) is 12.0. The first-order valence-electron chi connectivity index (χ1n) is 15.8. The van der Waals surface area contributed by atoms with E-state index in [4.69, 9.17) is 9.40 Å². The summed E-state index contributed by atoms with van der Waals surface area (Å²) in [4.78, 5) is 38.0. The fraction of sp³-hybridized carbons (Fsp3) is 0.400. The Morgan fingerprint density at radius 2 is 1.66 bits per heavy atom. The van der Waals surface area contributed by atoms with Crippen molar-refractivity contribution in [2.75, 3.05) is 43.0 Å². The molecule has 228 valence electrons. The van der Waals surface area contributed by atoms with Crippen LogP contribution in [0.5, 0.6) is 0 Å². The Morgan fingerprint density at radius 3 is 2.36 bits per heavy atom. The van der Waals surface area contributed by atoms with E-state index in [1.807, 2.05) is 37.3 Å². The van der Waals surface area contributed by atoms with Gasteiger partial charge in [0.25, 0.3) is 11.8 Å². The van der Waals surface area contributed by atoms with E-state index in [1.165, 1.54) is 5.69 Å². The Balaban J connectivity index is 0.928. The van der Waals surface area contributed by atoms with Crippen LogP contribution in [0.15, 0.2) is 71.5 Å². The van der Waals surface area contributed by atoms with Gasteiger partial charge in [-0.05, 0) is 81.6 Å². The van der Waals surface area contributed by atoms with Crippen molar-refractivity contribution in [3.63, 3.8) is 0 Å². The molecule has 2 amide bonds. The molecule has 3 aliphatic heterocycles. The predicted octanol–water partition coefficient (Wildman–Crippen LogP) is 4.75. The van der Waals surface area contributed by atoms with E-state index >= 15 is 0 Å². The number of pyridine rings is 1. The van der Waals surface area contributed by atoms with Crippen LogP contribution in [0.3, 0.4) is 0 Å². The van der Waals surface area contributed by atoms with E-state index in [-0.39, 0.29) is 17.9 Å². The molecular weight excluding hydrogens is 552 g/mol. The van der Waals surface area contributed by atoms with Crippen LogP contribution in [-0.2, 0) is 6.54 Å². The highest BCUT2D eigenvalue weighted by molar-refractivity contribution is 6.00. The summed E-state index contributed by atoms with van der Waals surface area (Å²) in [6, 6.07) is 18.8. The minimum atomic E-state index is -0.125. The number of likely N-dealkylation sites (N-methyl/N-ethyl adjacent to an activating group) is 1. The molecule has 2 aromatic carbocycles. The lowest BCUT2D eigenvalue weighted by molar-refractivity contribution is 0.0924. The van der Waals surface area contributed by atoms with Crippen molar-refractivity contribution < 1.29 is 14.0 Å². The van der Waals surface area contributed by atoms with Gasteiger partial charge in [0.15, 0.2) is 0 Å². The van der Waals surface area contributed by atoms with Crippen LogP contribution in [0.2, 0.25) is 0 Å². The average molecular weight is 593 g/mol. The maximum atomic E-state index is 13.2. The van der Waals surface area contributed by atoms with Gasteiger partial charge in [-0.3, -0.25) is 9.59 Å². The minimum Gasteiger partial charge on any atom is -0.464 e. The third-order valence-corrected chi connectivity index (χ3v) is 9.72. The topological polar surface area (TPSA) is 94.0 Å². The average Bonchev–Trinajstić information content (AvgIpc) is 3.63. The van der Waals surface area contributed by atoms with Crippen molar-refractivity contribution in [3.05, 3.63) is 89.3 Å². The lowest BCUT2D eigenvalue weighted by Crippen LogP contribution is -2.50. The minimum absolute atomic E-state index is 0.0434. The fourth-order valence-corrected chi connectivity index (χ4v) is 7.20. The number of piperazine rings is 1. The maximum Gasteiger partial charge on any atom is 0.253 e. The number of fused-ring (bicyclic) bond motifs is 3. The Bertz CT molecular complexity index is 1630. The molecule has 7 rings (SSSR count). The van der Waals surface area contributed by atoms with E-state index in [0.29, 0.717) is 29.8 Å². The van der Waals surface area contributed by atoms with Crippen molar-refractivity contribution in [1.29, 1.82) is 0 Å². The Kier molecular flexibility index (Phi) is 7.72. The van der Waals surface area contributed by atoms with Gasteiger partial charge < -0.3 is 29.8 Å². The number of aromatic nitrogens is 1. The Morgan fingerprint density at radius 1 is 0.909 bits per heavy atom. The fourth-order valence-electron chi connectivity index (χ4n) is 7.20. The Labute approximate surface area is 258 Å². The van der Waals surface area contributed by atoms with Gasteiger partial charge in [0.1, 0.15) is 11.4 Å². The number of nitrogens with zero attached hydrogens (tertiary/aromatic N) is 4. The molecule has 3 atom stereocenters. The van der Waals surface area contributed by atoms with Crippen LogP contribution < -0.4 is 20.4 Å². The number of hydrogen-bond acceptors (Lipinski definition) is 7. The predicted molar refractivity (Wildman–Crippen MR) is 172 cm³/mol. The van der Waals surface area contributed by atoms with E-state index in [2.05, 4.69) is 56.6 Å². The Hall–Kier alpha value is -4.37. The van der Waals surface area contributed by atoms with Crippen LogP contribution in [-0.4, -0.2) is 73.1 Å². The number of carbonyl (C=O) groups excluding carboxylic acids is 2. The highest BCUT2D eigenvalue weighted by Gasteiger charge is 2.42. The van der Waals surface area contributed by atoms with E-state index in [0.717, 1.165) is 79.8 Å². The molecule has 2 bridgehead atoms. The quantitative estimate of drug-likeness (QED) is 0.320. The van der Waals surface area contributed by atoms with Gasteiger partial charge in [0.05, 0.1) is 11.8 Å². The van der Waals surface area contributed by atoms with Crippen molar-refractivity contribution >= 4 is 34.3 Å². The smallest absolute Gasteiger partial charge is 0.253 e. The number of nitrogens with one attached hydrogen (secondary N) is 2. The molecule has 0 radical (unpaired) electrons. The summed E-state index contributed by atoms with van der Waals surface area (Å²) < 4.78 is 5.60. The molecule has 3 aliphatic rings. The number of piperidine rings is 1. The van der Waals surface area contributed by atoms with Crippen LogP contribution in [0.25, 0.3) is 11.0 Å². The first kappa shape index (κ1) is 28.4. The van der Waals surface area contributed by atoms with Gasteiger partial charge in [-0.25, -0.2) is 4.98 Å². The standard InChI is InChI=1S/C35H40N6O3/c1-23-31(11-5-25-13-18-44-33(23)25)35(43)38-27-19-29-9-10-30(20-27)41(29)32-12-6-26(22-36-32)34(42)37-21-24-3-7-28(8-4-24)40-16-14-39(2)15-17-40/h3-8,11-13,18,22,27,29-30H,9-10,14-17,19-21H2,1-2H3,(H,37,42)(H,38,43)/t27-,29+,30-. The zero-order valence-electron chi connectivity index (χ0n) is 25.5. The van der Waals surface area contributed by atoms with E-state index < -0.39 is 0 Å². The van der Waals surface area contributed by atoms with Gasteiger partial charge in [-0.2, -0.15) is 0 Å². The number of rotatable bonds is 7. The molecule has 4 aromatic rings. The molecule has 0 unspecified atom stereocenters. The molecule has 5 heterocycles. The van der Waals surface area contributed by atoms with Gasteiger partial charge in [-0.15, -0.1) is 0 Å². The van der Waals surface area contributed by atoms with Gasteiger partial charge in [0.2, 0.25) is 0 Å². The largest absolute Gasteiger partial charge is 0.464 e. The highest BCUT2D eigenvalue weighted by Crippen LogP contribution is 2.38. The molecule has 3 saturated heterocycles. The monoisotopic (exact) mass is 592 g/mol. The molecule has 0 aliphatic carbocycles. The van der Waals surface area contributed by atoms with Crippen molar-refractivity contribution in [3.8, 4) is 0 Å². The van der Waals surface area contributed by atoms with Gasteiger partial charge in [0, 0.05) is 79.2 Å². The molecule has 0 spiro atoms. The maximum absolute atomic E-state index is 13.2. The number of anilines is 2. The summed E-state index contributed by atoms with van der Waals surface area (Å²) >= 11 is 0. The lowest BCUT2D eigenvalue weighted by Gasteiger charge is -2.40. The number of aryl methyl sites for hydroxylation is 1. The van der Waals surface area contributed by atoms with Crippen molar-refractivity contribution in [1.82, 2.24) is 20.5 Å². The van der Waals surface area contributed by atoms with E-state index in [9.17, 15) is 9.59 Å². The lowest BCUT2D eigenvalue weighted by atomic mass is 9.96. The molecule has 2 N–H and O–H groups in total. The molecule has 2 aromatic heterocycles. The zero-order chi connectivity index (χ0) is 30.2. The number of hydrogen-bond donors (Lipinski definition) is 2. The zero-order valence-corrected chi connectivity index (χ0v) is 25.5. The second-order valence-electron chi connectivity index (χ2n) is 12.6. The summed E-state index contributed by atoms with van der Waals surface area (Å²) in [5.74, 6) is 0.732. The molecule has 9 heteroatoms. The molecule has 3 fully saturated rings. The summed E-state index contributed by atoms with van der Waals surface area (Å²) in [7, 11) is 2.16. The molecule has 9 nitrogen and oxygen atoms in total. The highest BCUT2D eigenvalue weighted by atomic mass is 16.3. The van der Waals surface area contributed by atoms with Crippen molar-refractivity contribution in [2.24, 2.45) is 0 Å². The molecular formula is C35H40N6O3. The number of furan rings is 1. The van der Waals surface area contributed by atoms with Gasteiger partial charge >= 0.3 is 0 Å². The second-order valence-corrected chi connectivity index (χ2v) is 12.6. The first-order chi connectivity index (χ1) is 21.4. The third-order valence-electron chi connectivity index (χ3n) is 9.72. The molecule has 44 heavy (non-hydrogen) atoms.